The molecule has 150 valence electrons. The average Bonchev–Trinajstić information content (AvgIpc) is 2.50. The number of likely N-dealkylation sites (tertiary alicyclic amines) is 1. The summed E-state index contributed by atoms with van der Waals surface area (Å²) in [6.45, 7) is 3.12. The van der Waals surface area contributed by atoms with E-state index in [0.29, 0.717) is 16.8 Å². The number of carbonyl (C=O) groups is 1. The van der Waals surface area contributed by atoms with Crippen LogP contribution in [0.4, 0.5) is 13.2 Å². The van der Waals surface area contributed by atoms with Crippen molar-refractivity contribution < 1.29 is 30.6 Å². The Morgan fingerprint density at radius 2 is 1.89 bits per heavy atom. The quantitative estimate of drug-likeness (QED) is 0.566. The molecule has 2 fully saturated rings. The molecule has 1 saturated heterocycles. The molecule has 2 heterocycles. The number of carbonyl (C=O) groups excluding carboxylic acids is 1. The lowest BCUT2D eigenvalue weighted by Crippen LogP contribution is -2.62. The lowest BCUT2D eigenvalue weighted by molar-refractivity contribution is -0.148. The predicted octanol–water partition coefficient (Wildman–Crippen LogP) is 2.58. The Morgan fingerprint density at radius 1 is 1.21 bits per heavy atom. The van der Waals surface area contributed by atoms with E-state index in [4.69, 9.17) is 0 Å². The van der Waals surface area contributed by atoms with Gasteiger partial charge in [-0.1, -0.05) is 12.1 Å². The Balaban J connectivity index is 1.47. The van der Waals surface area contributed by atoms with Crippen molar-refractivity contribution >= 4 is 26.9 Å². The second-order valence-electron chi connectivity index (χ2n) is 7.46. The van der Waals surface area contributed by atoms with Gasteiger partial charge in [0.05, 0.1) is 5.52 Å². The average molecular weight is 415 g/mol. The lowest BCUT2D eigenvalue weighted by Gasteiger charge is -2.59. The number of fused-ring (bicyclic) bond motifs is 1. The minimum absolute atomic E-state index is 0.0839. The molecule has 7 nitrogen and oxygen atoms in total. The number of alkyl halides is 3. The van der Waals surface area contributed by atoms with Crippen LogP contribution in [0.5, 0.6) is 5.88 Å². The Bertz CT molecular complexity index is 1060. The van der Waals surface area contributed by atoms with Gasteiger partial charge in [0.15, 0.2) is 0 Å². The molecule has 4 rings (SSSR count). The summed E-state index contributed by atoms with van der Waals surface area (Å²) in [6, 6.07) is 6.39. The third kappa shape index (κ3) is 3.17. The standard InChI is InChI=1S/C17H16F3N3O4S/c1-10(24)23-8-16(9-23)6-13(7-16)11-2-3-12-5-15(22-21-14(12)4-11)27-28(25,26)17(18,19)20/h2-5,13H,6-9H2,1H3. The van der Waals surface area contributed by atoms with Crippen LogP contribution in [0.1, 0.15) is 31.2 Å². The van der Waals surface area contributed by atoms with Gasteiger partial charge in [0.2, 0.25) is 5.91 Å². The van der Waals surface area contributed by atoms with Gasteiger partial charge in [-0.2, -0.15) is 21.6 Å². The molecule has 2 aliphatic rings. The van der Waals surface area contributed by atoms with Crippen LogP contribution in [0.15, 0.2) is 24.3 Å². The topological polar surface area (TPSA) is 89.5 Å². The van der Waals surface area contributed by atoms with Crippen LogP contribution in [0.25, 0.3) is 10.9 Å². The highest BCUT2D eigenvalue weighted by Crippen LogP contribution is 2.56. The predicted molar refractivity (Wildman–Crippen MR) is 91.8 cm³/mol. The van der Waals surface area contributed by atoms with Gasteiger partial charge in [-0.3, -0.25) is 4.79 Å². The lowest BCUT2D eigenvalue weighted by atomic mass is 9.56. The van der Waals surface area contributed by atoms with Gasteiger partial charge in [0, 0.05) is 36.9 Å². The van der Waals surface area contributed by atoms with Crippen LogP contribution >= 0.6 is 0 Å². The number of hydrogen-bond acceptors (Lipinski definition) is 6. The van der Waals surface area contributed by atoms with Gasteiger partial charge >= 0.3 is 15.6 Å². The van der Waals surface area contributed by atoms with E-state index in [1.165, 1.54) is 0 Å². The summed E-state index contributed by atoms with van der Waals surface area (Å²) < 4.78 is 63.3. The summed E-state index contributed by atoms with van der Waals surface area (Å²) >= 11 is 0. The molecule has 1 aliphatic carbocycles. The van der Waals surface area contributed by atoms with E-state index in [1.807, 2.05) is 11.0 Å². The fraction of sp³-hybridized carbons (Fsp3) is 0.471. The minimum atomic E-state index is -5.79. The molecule has 0 N–H and O–H groups in total. The van der Waals surface area contributed by atoms with E-state index in [1.54, 1.807) is 19.1 Å². The summed E-state index contributed by atoms with van der Waals surface area (Å²) in [6.07, 6.45) is 1.92. The number of rotatable bonds is 3. The number of aromatic nitrogens is 2. The van der Waals surface area contributed by atoms with Gasteiger partial charge in [0.1, 0.15) is 0 Å². The number of hydrogen-bond donors (Lipinski definition) is 0. The first kappa shape index (κ1) is 18.9. The number of benzene rings is 1. The molecule has 1 aromatic heterocycles. The highest BCUT2D eigenvalue weighted by Gasteiger charge is 2.53. The highest BCUT2D eigenvalue weighted by atomic mass is 32.2. The third-order valence-electron chi connectivity index (χ3n) is 5.40. The van der Waals surface area contributed by atoms with E-state index in [2.05, 4.69) is 14.4 Å². The van der Waals surface area contributed by atoms with Crippen LogP contribution in [0, 0.1) is 5.41 Å². The Labute approximate surface area is 158 Å². The molecule has 0 bridgehead atoms. The zero-order chi connectivity index (χ0) is 20.3. The minimum Gasteiger partial charge on any atom is -0.354 e. The number of amides is 1. The Hall–Kier alpha value is -2.43. The zero-order valence-electron chi connectivity index (χ0n) is 14.7. The van der Waals surface area contributed by atoms with E-state index >= 15 is 0 Å². The maximum atomic E-state index is 12.4. The molecular weight excluding hydrogens is 399 g/mol. The summed E-state index contributed by atoms with van der Waals surface area (Å²) in [5.74, 6) is -0.332. The van der Waals surface area contributed by atoms with Gasteiger partial charge in [-0.25, -0.2) is 0 Å². The van der Waals surface area contributed by atoms with Crippen molar-refractivity contribution in [1.29, 1.82) is 0 Å². The molecule has 0 atom stereocenters. The van der Waals surface area contributed by atoms with Gasteiger partial charge in [0.25, 0.3) is 5.88 Å². The molecule has 0 radical (unpaired) electrons. The molecule has 1 aromatic carbocycles. The van der Waals surface area contributed by atoms with E-state index < -0.39 is 21.5 Å². The normalized spacial score (nSPS) is 19.4. The number of nitrogens with zero attached hydrogens (tertiary/aromatic N) is 3. The SMILES string of the molecule is CC(=O)N1CC2(CC(c3ccc4cc(OS(=O)(=O)C(F)(F)F)nnc4c3)C2)C1. The summed E-state index contributed by atoms with van der Waals surface area (Å²) in [7, 11) is -5.79. The molecule has 1 spiro atoms. The van der Waals surface area contributed by atoms with Crippen molar-refractivity contribution in [3.8, 4) is 5.88 Å². The summed E-state index contributed by atoms with van der Waals surface area (Å²) in [5.41, 5.74) is -3.87. The first-order chi connectivity index (χ1) is 13.0. The van der Waals surface area contributed by atoms with Crippen molar-refractivity contribution in [1.82, 2.24) is 15.1 Å². The van der Waals surface area contributed by atoms with E-state index in [-0.39, 0.29) is 11.3 Å². The van der Waals surface area contributed by atoms with Crippen LogP contribution in [-0.2, 0) is 14.9 Å². The van der Waals surface area contributed by atoms with Crippen molar-refractivity contribution in [2.75, 3.05) is 13.1 Å². The first-order valence-electron chi connectivity index (χ1n) is 8.52. The highest BCUT2D eigenvalue weighted by molar-refractivity contribution is 7.87. The fourth-order valence-electron chi connectivity index (χ4n) is 3.95. The molecule has 28 heavy (non-hydrogen) atoms. The molecule has 11 heteroatoms. The van der Waals surface area contributed by atoms with Gasteiger partial charge in [-0.15, -0.1) is 10.2 Å². The first-order valence-corrected chi connectivity index (χ1v) is 9.93. The maximum Gasteiger partial charge on any atom is 0.534 e. The monoisotopic (exact) mass is 415 g/mol. The van der Waals surface area contributed by atoms with E-state index in [0.717, 1.165) is 37.6 Å². The molecule has 0 unspecified atom stereocenters. The molecule has 1 saturated carbocycles. The van der Waals surface area contributed by atoms with Crippen molar-refractivity contribution in [3.05, 3.63) is 29.8 Å². The maximum absolute atomic E-state index is 12.4. The van der Waals surface area contributed by atoms with Gasteiger partial charge in [-0.05, 0) is 30.4 Å². The second kappa shape index (κ2) is 6.03. The largest absolute Gasteiger partial charge is 0.534 e. The van der Waals surface area contributed by atoms with Gasteiger partial charge < -0.3 is 9.08 Å². The Morgan fingerprint density at radius 3 is 2.50 bits per heavy atom. The number of halogens is 3. The molecular formula is C17H16F3N3O4S. The van der Waals surface area contributed by atoms with Crippen LogP contribution < -0.4 is 4.18 Å². The molecule has 2 aromatic rings. The Kier molecular flexibility index (Phi) is 4.07. The molecule has 1 amide bonds. The second-order valence-corrected chi connectivity index (χ2v) is 9.00. The zero-order valence-corrected chi connectivity index (χ0v) is 15.5. The van der Waals surface area contributed by atoms with E-state index in [9.17, 15) is 26.4 Å². The van der Waals surface area contributed by atoms with Crippen LogP contribution in [0.3, 0.4) is 0 Å². The summed E-state index contributed by atoms with van der Waals surface area (Å²) in [4.78, 5) is 13.1. The van der Waals surface area contributed by atoms with Crippen LogP contribution in [0.2, 0.25) is 0 Å². The fourth-order valence-corrected chi connectivity index (χ4v) is 4.36. The van der Waals surface area contributed by atoms with Crippen molar-refractivity contribution in [2.45, 2.75) is 31.2 Å². The van der Waals surface area contributed by atoms with Crippen LogP contribution in [-0.4, -0.2) is 48.0 Å². The smallest absolute Gasteiger partial charge is 0.354 e. The summed E-state index contributed by atoms with van der Waals surface area (Å²) in [5, 5.41) is 7.66. The molecule has 1 aliphatic heterocycles. The van der Waals surface area contributed by atoms with Crippen molar-refractivity contribution in [2.24, 2.45) is 5.41 Å². The van der Waals surface area contributed by atoms with Crippen molar-refractivity contribution in [3.63, 3.8) is 0 Å². The third-order valence-corrected chi connectivity index (χ3v) is 6.35.